The van der Waals surface area contributed by atoms with Gasteiger partial charge in [-0.05, 0) is 12.5 Å². The molecule has 1 heterocycles. The van der Waals surface area contributed by atoms with E-state index in [9.17, 15) is 0 Å². The van der Waals surface area contributed by atoms with Crippen molar-refractivity contribution in [2.45, 2.75) is 24.0 Å². The summed E-state index contributed by atoms with van der Waals surface area (Å²) in [5.74, 6) is 0.946. The monoisotopic (exact) mass is 288 g/mol. The highest BCUT2D eigenvalue weighted by Crippen LogP contribution is 2.36. The Kier molecular flexibility index (Phi) is 3.94. The van der Waals surface area contributed by atoms with E-state index in [-0.39, 0.29) is 5.38 Å². The van der Waals surface area contributed by atoms with Crippen LogP contribution in [0.3, 0.4) is 0 Å². The van der Waals surface area contributed by atoms with Gasteiger partial charge in [-0.15, -0.1) is 11.6 Å². The maximum Gasteiger partial charge on any atom is 0.138 e. The molecule has 98 valence electrons. The Labute approximate surface area is 115 Å². The zero-order valence-electron chi connectivity index (χ0n) is 9.81. The van der Waals surface area contributed by atoms with Crippen LogP contribution in [0.2, 0.25) is 0 Å². The number of hydrogen-bond acceptors (Lipinski definition) is 5. The molecule has 2 aliphatic rings. The van der Waals surface area contributed by atoms with Crippen LogP contribution in [0.1, 0.15) is 6.42 Å². The van der Waals surface area contributed by atoms with Gasteiger partial charge >= 0.3 is 0 Å². The van der Waals surface area contributed by atoms with Crippen LogP contribution < -0.4 is 11.5 Å². The molecule has 0 saturated heterocycles. The summed E-state index contributed by atoms with van der Waals surface area (Å²) >= 11 is 12.4. The first kappa shape index (κ1) is 13.4. The van der Waals surface area contributed by atoms with Gasteiger partial charge in [0, 0.05) is 10.6 Å². The molecule has 4 N–H and O–H groups in total. The van der Waals surface area contributed by atoms with Gasteiger partial charge in [-0.3, -0.25) is 4.99 Å². The molecule has 2 rings (SSSR count). The molecule has 1 aliphatic carbocycles. The summed E-state index contributed by atoms with van der Waals surface area (Å²) in [7, 11) is 1.57. The first-order chi connectivity index (χ1) is 8.54. The smallest absolute Gasteiger partial charge is 0.138 e. The van der Waals surface area contributed by atoms with Crippen molar-refractivity contribution < 1.29 is 4.74 Å². The highest BCUT2D eigenvalue weighted by atomic mass is 35.5. The molecular weight excluding hydrogens is 275 g/mol. The van der Waals surface area contributed by atoms with Crippen molar-refractivity contribution in [1.29, 1.82) is 0 Å². The van der Waals surface area contributed by atoms with Gasteiger partial charge in [0.15, 0.2) is 0 Å². The third-order valence-electron chi connectivity index (χ3n) is 2.81. The molecule has 18 heavy (non-hydrogen) atoms. The summed E-state index contributed by atoms with van der Waals surface area (Å²) in [5, 5.41) is 0.218. The largest absolute Gasteiger partial charge is 0.497 e. The van der Waals surface area contributed by atoms with Crippen LogP contribution in [0.5, 0.6) is 0 Å². The minimum atomic E-state index is -0.584. The number of nitrogens with zero attached hydrogens (tertiary/aromatic N) is 2. The van der Waals surface area contributed by atoms with Gasteiger partial charge in [-0.25, -0.2) is 4.99 Å². The molecule has 0 aromatic rings. The van der Waals surface area contributed by atoms with Crippen LogP contribution in [0.15, 0.2) is 32.4 Å². The van der Waals surface area contributed by atoms with E-state index in [1.807, 2.05) is 6.08 Å². The summed E-state index contributed by atoms with van der Waals surface area (Å²) in [6, 6.07) is -0.419. The predicted molar refractivity (Wildman–Crippen MR) is 74.1 cm³/mol. The Hall–Kier alpha value is -1.04. The summed E-state index contributed by atoms with van der Waals surface area (Å²) < 4.78 is 5.30. The van der Waals surface area contributed by atoms with Gasteiger partial charge in [0.1, 0.15) is 23.8 Å². The van der Waals surface area contributed by atoms with Crippen molar-refractivity contribution >= 4 is 35.3 Å². The Morgan fingerprint density at radius 3 is 2.83 bits per heavy atom. The molecule has 3 unspecified atom stereocenters. The average Bonchev–Trinajstić information content (AvgIpc) is 2.33. The van der Waals surface area contributed by atoms with Crippen LogP contribution in [0.25, 0.3) is 0 Å². The molecule has 5 nitrogen and oxygen atoms in total. The number of alkyl halides is 1. The standard InChI is InChI=1S/C11H14Cl2N4O/c1-18-6-3-2-5(12)9(13)8(6)10-11(15)17-7(14)4-16-10/h3-5,10-11H,2,15H2,1H3,(H2,14,17). The SMILES string of the molecule is COC1=CCC(Cl)C(Cl)=C1C1N=CC(N)=NC1N. The number of amidine groups is 1. The van der Waals surface area contributed by atoms with E-state index in [0.29, 0.717) is 28.6 Å². The molecule has 0 spiro atoms. The third kappa shape index (κ3) is 2.39. The highest BCUT2D eigenvalue weighted by Gasteiger charge is 2.33. The van der Waals surface area contributed by atoms with E-state index in [1.54, 1.807) is 7.11 Å². The van der Waals surface area contributed by atoms with Crippen molar-refractivity contribution in [2.75, 3.05) is 7.11 Å². The predicted octanol–water partition coefficient (Wildman–Crippen LogP) is 1.12. The summed E-state index contributed by atoms with van der Waals surface area (Å²) in [6.07, 6.45) is 3.38. The number of hydrogen-bond donors (Lipinski definition) is 2. The first-order valence-electron chi connectivity index (χ1n) is 5.44. The second-order valence-electron chi connectivity index (χ2n) is 4.00. The Balaban J connectivity index is 2.39. The molecule has 0 saturated carbocycles. The van der Waals surface area contributed by atoms with Gasteiger partial charge in [0.25, 0.3) is 0 Å². The number of halogens is 2. The molecule has 7 heteroatoms. The number of ether oxygens (including phenoxy) is 1. The second kappa shape index (κ2) is 5.30. The minimum absolute atomic E-state index is 0.286. The topological polar surface area (TPSA) is 86.0 Å². The van der Waals surface area contributed by atoms with Crippen molar-refractivity contribution in [2.24, 2.45) is 21.5 Å². The van der Waals surface area contributed by atoms with Crippen LogP contribution >= 0.6 is 23.2 Å². The van der Waals surface area contributed by atoms with E-state index in [1.165, 1.54) is 6.21 Å². The van der Waals surface area contributed by atoms with Crippen LogP contribution in [0, 0.1) is 0 Å². The fourth-order valence-electron chi connectivity index (χ4n) is 1.96. The normalized spacial score (nSPS) is 32.1. The Bertz CT molecular complexity index is 470. The number of methoxy groups -OCH3 is 1. The van der Waals surface area contributed by atoms with E-state index in [4.69, 9.17) is 39.4 Å². The molecule has 3 atom stereocenters. The third-order valence-corrected chi connectivity index (χ3v) is 3.79. The van der Waals surface area contributed by atoms with Crippen molar-refractivity contribution in [1.82, 2.24) is 0 Å². The van der Waals surface area contributed by atoms with Gasteiger partial charge in [0.05, 0.1) is 18.7 Å². The molecule has 0 fully saturated rings. The van der Waals surface area contributed by atoms with E-state index in [2.05, 4.69) is 9.98 Å². The number of rotatable bonds is 2. The van der Waals surface area contributed by atoms with Crippen molar-refractivity contribution in [3.8, 4) is 0 Å². The lowest BCUT2D eigenvalue weighted by Gasteiger charge is -2.28. The maximum atomic E-state index is 6.26. The highest BCUT2D eigenvalue weighted by molar-refractivity contribution is 6.38. The Morgan fingerprint density at radius 1 is 1.50 bits per heavy atom. The lowest BCUT2D eigenvalue weighted by Crippen LogP contribution is -2.40. The van der Waals surface area contributed by atoms with Crippen LogP contribution in [-0.4, -0.2) is 36.7 Å². The fourth-order valence-corrected chi connectivity index (χ4v) is 2.46. The van der Waals surface area contributed by atoms with Crippen molar-refractivity contribution in [3.05, 3.63) is 22.4 Å². The zero-order chi connectivity index (χ0) is 13.3. The van der Waals surface area contributed by atoms with E-state index < -0.39 is 12.2 Å². The van der Waals surface area contributed by atoms with Crippen molar-refractivity contribution in [3.63, 3.8) is 0 Å². The van der Waals surface area contributed by atoms with Crippen LogP contribution in [-0.2, 0) is 4.74 Å². The lowest BCUT2D eigenvalue weighted by molar-refractivity contribution is 0.290. The van der Waals surface area contributed by atoms with Gasteiger partial charge in [0.2, 0.25) is 0 Å². The summed E-state index contributed by atoms with van der Waals surface area (Å²) in [4.78, 5) is 8.34. The fraction of sp³-hybridized carbons (Fsp3) is 0.455. The van der Waals surface area contributed by atoms with Gasteiger partial charge in [-0.2, -0.15) is 0 Å². The number of aliphatic imine (C=N–C) groups is 2. The number of allylic oxidation sites excluding steroid dienone is 2. The second-order valence-corrected chi connectivity index (χ2v) is 4.94. The summed E-state index contributed by atoms with van der Waals surface area (Å²) in [5.41, 5.74) is 12.2. The molecule has 0 radical (unpaired) electrons. The van der Waals surface area contributed by atoms with Crippen LogP contribution in [0.4, 0.5) is 0 Å². The molecule has 1 aliphatic heterocycles. The Morgan fingerprint density at radius 2 is 2.22 bits per heavy atom. The quantitative estimate of drug-likeness (QED) is 0.747. The lowest BCUT2D eigenvalue weighted by atomic mass is 9.95. The average molecular weight is 289 g/mol. The zero-order valence-corrected chi connectivity index (χ0v) is 11.3. The van der Waals surface area contributed by atoms with E-state index in [0.717, 1.165) is 0 Å². The minimum Gasteiger partial charge on any atom is -0.497 e. The van der Waals surface area contributed by atoms with Gasteiger partial charge < -0.3 is 16.2 Å². The van der Waals surface area contributed by atoms with E-state index >= 15 is 0 Å². The molecule has 0 amide bonds. The first-order valence-corrected chi connectivity index (χ1v) is 6.26. The maximum absolute atomic E-state index is 6.26. The number of nitrogens with two attached hydrogens (primary N) is 2. The molecule has 0 aromatic heterocycles. The van der Waals surface area contributed by atoms with Gasteiger partial charge in [-0.1, -0.05) is 11.6 Å². The molecule has 0 bridgehead atoms. The molecular formula is C11H14Cl2N4O. The molecule has 0 aromatic carbocycles. The summed E-state index contributed by atoms with van der Waals surface area (Å²) in [6.45, 7) is 0.